The molecule has 0 fully saturated rings. The Hall–Kier alpha value is -1.38. The highest BCUT2D eigenvalue weighted by molar-refractivity contribution is 5.95. The van der Waals surface area contributed by atoms with Crippen LogP contribution in [0.1, 0.15) is 6.92 Å². The number of aliphatic imine (C=N–C) groups is 1. The second-order valence-corrected chi connectivity index (χ2v) is 1.82. The lowest BCUT2D eigenvalue weighted by Gasteiger charge is -1.96. The van der Waals surface area contributed by atoms with Gasteiger partial charge in [-0.1, -0.05) is 6.08 Å². The first-order valence-corrected chi connectivity index (χ1v) is 3.27. The van der Waals surface area contributed by atoms with Crippen LogP contribution in [0.3, 0.4) is 0 Å². The van der Waals surface area contributed by atoms with E-state index in [4.69, 9.17) is 0 Å². The van der Waals surface area contributed by atoms with Crippen molar-refractivity contribution in [3.63, 3.8) is 0 Å². The molecule has 0 radical (unpaired) electrons. The maximum atomic E-state index is 11.0. The summed E-state index contributed by atoms with van der Waals surface area (Å²) in [5, 5.41) is 2.50. The molecular formula is C8H12N2O. The van der Waals surface area contributed by atoms with Crippen LogP contribution >= 0.6 is 0 Å². The minimum atomic E-state index is -0.118. The number of rotatable bonds is 3. The van der Waals surface area contributed by atoms with E-state index in [1.807, 2.05) is 0 Å². The number of nitrogens with one attached hydrogen (secondary N) is 1. The summed E-state index contributed by atoms with van der Waals surface area (Å²) in [5.74, 6) is -0.118. The molecule has 0 spiro atoms. The fraction of sp³-hybridized carbons (Fsp3) is 0.250. The number of hydrogen-bond donors (Lipinski definition) is 1. The van der Waals surface area contributed by atoms with Gasteiger partial charge < -0.3 is 5.32 Å². The van der Waals surface area contributed by atoms with Gasteiger partial charge in [-0.2, -0.15) is 0 Å². The fourth-order valence-electron chi connectivity index (χ4n) is 0.580. The lowest BCUT2D eigenvalue weighted by molar-refractivity contribution is -0.116. The summed E-state index contributed by atoms with van der Waals surface area (Å²) in [5.41, 5.74) is 0.583. The normalized spacial score (nSPS) is 11.6. The van der Waals surface area contributed by atoms with Crippen LogP contribution in [0.2, 0.25) is 0 Å². The topological polar surface area (TPSA) is 41.5 Å². The smallest absolute Gasteiger partial charge is 0.250 e. The van der Waals surface area contributed by atoms with E-state index in [-0.39, 0.29) is 5.91 Å². The van der Waals surface area contributed by atoms with Crippen molar-refractivity contribution in [3.8, 4) is 0 Å². The molecule has 1 N–H and O–H groups in total. The van der Waals surface area contributed by atoms with Crippen molar-refractivity contribution in [2.75, 3.05) is 7.05 Å². The molecule has 0 aliphatic rings. The van der Waals surface area contributed by atoms with Crippen LogP contribution in [-0.2, 0) is 4.79 Å². The molecule has 0 aliphatic carbocycles. The Kier molecular flexibility index (Phi) is 4.73. The molecule has 0 atom stereocenters. The molecule has 0 heterocycles. The van der Waals surface area contributed by atoms with Gasteiger partial charge in [-0.15, -0.1) is 0 Å². The molecule has 0 aromatic rings. The number of hydrogen-bond acceptors (Lipinski definition) is 2. The van der Waals surface area contributed by atoms with Crippen molar-refractivity contribution in [2.45, 2.75) is 6.92 Å². The summed E-state index contributed by atoms with van der Waals surface area (Å²) in [6.45, 7) is 5.05. The SMILES string of the molecule is C=N/C=C\C(=C/C)C(=O)NC. The van der Waals surface area contributed by atoms with Crippen molar-refractivity contribution in [3.05, 3.63) is 23.9 Å². The summed E-state index contributed by atoms with van der Waals surface area (Å²) < 4.78 is 0. The molecule has 0 saturated carbocycles. The first kappa shape index (κ1) is 9.62. The minimum absolute atomic E-state index is 0.118. The van der Waals surface area contributed by atoms with Gasteiger partial charge in [-0.05, 0) is 19.7 Å². The van der Waals surface area contributed by atoms with E-state index in [0.717, 1.165) is 0 Å². The zero-order valence-corrected chi connectivity index (χ0v) is 6.79. The van der Waals surface area contributed by atoms with E-state index in [1.54, 1.807) is 26.1 Å². The second-order valence-electron chi connectivity index (χ2n) is 1.82. The monoisotopic (exact) mass is 152 g/mol. The lowest BCUT2D eigenvalue weighted by atomic mass is 10.2. The molecule has 0 saturated heterocycles. The van der Waals surface area contributed by atoms with Crippen LogP contribution in [0.5, 0.6) is 0 Å². The average Bonchev–Trinajstić information content (AvgIpc) is 2.05. The van der Waals surface area contributed by atoms with Crippen LogP contribution in [-0.4, -0.2) is 19.7 Å². The zero-order chi connectivity index (χ0) is 8.69. The van der Waals surface area contributed by atoms with Gasteiger partial charge in [0, 0.05) is 18.8 Å². The highest BCUT2D eigenvalue weighted by atomic mass is 16.1. The lowest BCUT2D eigenvalue weighted by Crippen LogP contribution is -2.18. The Morgan fingerprint density at radius 2 is 2.27 bits per heavy atom. The molecule has 1 amide bonds. The van der Waals surface area contributed by atoms with E-state index in [9.17, 15) is 4.79 Å². The molecule has 60 valence electrons. The van der Waals surface area contributed by atoms with Crippen molar-refractivity contribution < 1.29 is 4.79 Å². The van der Waals surface area contributed by atoms with E-state index in [2.05, 4.69) is 17.0 Å². The zero-order valence-electron chi connectivity index (χ0n) is 6.79. The molecule has 3 nitrogen and oxygen atoms in total. The van der Waals surface area contributed by atoms with E-state index in [1.165, 1.54) is 6.20 Å². The quantitative estimate of drug-likeness (QED) is 0.364. The van der Waals surface area contributed by atoms with Gasteiger partial charge in [0.05, 0.1) is 0 Å². The Morgan fingerprint density at radius 1 is 1.64 bits per heavy atom. The van der Waals surface area contributed by atoms with Gasteiger partial charge in [0.1, 0.15) is 0 Å². The molecule has 3 heteroatoms. The third kappa shape index (κ3) is 3.35. The number of carbonyl (C=O) groups is 1. The number of amides is 1. The van der Waals surface area contributed by atoms with Crippen LogP contribution in [0, 0.1) is 0 Å². The highest BCUT2D eigenvalue weighted by Crippen LogP contribution is 1.95. The number of likely N-dealkylation sites (N-methyl/N-ethyl adjacent to an activating group) is 1. The van der Waals surface area contributed by atoms with Crippen molar-refractivity contribution in [2.24, 2.45) is 4.99 Å². The molecule has 0 rings (SSSR count). The maximum Gasteiger partial charge on any atom is 0.250 e. The first-order valence-electron chi connectivity index (χ1n) is 3.27. The van der Waals surface area contributed by atoms with Gasteiger partial charge in [-0.25, -0.2) is 0 Å². The largest absolute Gasteiger partial charge is 0.355 e. The van der Waals surface area contributed by atoms with E-state index < -0.39 is 0 Å². The summed E-state index contributed by atoms with van der Waals surface area (Å²) in [7, 11) is 1.58. The maximum absolute atomic E-state index is 11.0. The van der Waals surface area contributed by atoms with Gasteiger partial charge in [0.2, 0.25) is 0 Å². The molecule has 0 bridgehead atoms. The number of carbonyl (C=O) groups excluding carboxylic acids is 1. The first-order chi connectivity index (χ1) is 5.26. The second kappa shape index (κ2) is 5.41. The summed E-state index contributed by atoms with van der Waals surface area (Å²) in [6, 6.07) is 0. The molecule has 0 aliphatic heterocycles. The summed E-state index contributed by atoms with van der Waals surface area (Å²) in [6.07, 6.45) is 4.79. The fourth-order valence-corrected chi connectivity index (χ4v) is 0.580. The third-order valence-electron chi connectivity index (χ3n) is 1.16. The van der Waals surface area contributed by atoms with Crippen LogP contribution in [0.4, 0.5) is 0 Å². The molecule has 0 aromatic heterocycles. The van der Waals surface area contributed by atoms with E-state index >= 15 is 0 Å². The van der Waals surface area contributed by atoms with Gasteiger partial charge in [0.15, 0.2) is 0 Å². The predicted molar refractivity (Wildman–Crippen MR) is 46.5 cm³/mol. The number of nitrogens with zero attached hydrogens (tertiary/aromatic N) is 1. The van der Waals surface area contributed by atoms with Gasteiger partial charge in [0.25, 0.3) is 5.91 Å². The molecule has 0 aromatic carbocycles. The van der Waals surface area contributed by atoms with Crippen LogP contribution in [0.25, 0.3) is 0 Å². The molecular weight excluding hydrogens is 140 g/mol. The van der Waals surface area contributed by atoms with Crippen LogP contribution < -0.4 is 5.32 Å². The van der Waals surface area contributed by atoms with Crippen molar-refractivity contribution in [1.29, 1.82) is 0 Å². The third-order valence-corrected chi connectivity index (χ3v) is 1.16. The highest BCUT2D eigenvalue weighted by Gasteiger charge is 1.99. The Bertz CT molecular complexity index is 204. The van der Waals surface area contributed by atoms with Crippen molar-refractivity contribution >= 4 is 12.6 Å². The average molecular weight is 152 g/mol. The Labute approximate surface area is 66.5 Å². The van der Waals surface area contributed by atoms with Crippen molar-refractivity contribution in [1.82, 2.24) is 5.32 Å². The summed E-state index contributed by atoms with van der Waals surface area (Å²) >= 11 is 0. The predicted octanol–water partition coefficient (Wildman–Crippen LogP) is 0.893. The molecule has 0 unspecified atom stereocenters. The van der Waals surface area contributed by atoms with Gasteiger partial charge in [-0.3, -0.25) is 9.79 Å². The van der Waals surface area contributed by atoms with Gasteiger partial charge >= 0.3 is 0 Å². The van der Waals surface area contributed by atoms with E-state index in [0.29, 0.717) is 5.57 Å². The number of allylic oxidation sites excluding steroid dienone is 1. The molecule has 11 heavy (non-hydrogen) atoms. The van der Waals surface area contributed by atoms with Crippen LogP contribution in [0.15, 0.2) is 28.9 Å². The Morgan fingerprint density at radius 3 is 2.64 bits per heavy atom. The standard InChI is InChI=1S/C8H12N2O/c1-4-7(5-6-9-2)8(11)10-3/h4-6H,2H2,1,3H3,(H,10,11)/b6-5-,7-4+. The Balaban J connectivity index is 4.31. The minimum Gasteiger partial charge on any atom is -0.355 e. The summed E-state index contributed by atoms with van der Waals surface area (Å²) in [4.78, 5) is 14.4.